The molecule has 0 radical (unpaired) electrons. The third-order valence-electron chi connectivity index (χ3n) is 5.27. The fraction of sp³-hybridized carbons (Fsp3) is 0.350. The summed E-state index contributed by atoms with van der Waals surface area (Å²) in [5.41, 5.74) is 1.65. The Hall–Kier alpha value is -2.44. The van der Waals surface area contributed by atoms with Crippen LogP contribution in [0.1, 0.15) is 31.5 Å². The normalized spacial score (nSPS) is 17.1. The van der Waals surface area contributed by atoms with Crippen molar-refractivity contribution in [2.24, 2.45) is 0 Å². The van der Waals surface area contributed by atoms with Gasteiger partial charge in [0.25, 0.3) is 0 Å². The number of amides is 1. The van der Waals surface area contributed by atoms with E-state index in [1.54, 1.807) is 12.1 Å². The van der Waals surface area contributed by atoms with Gasteiger partial charge in [0.15, 0.2) is 5.65 Å². The molecular weight excluding hydrogens is 362 g/mol. The fourth-order valence-corrected chi connectivity index (χ4v) is 3.75. The Labute approximate surface area is 163 Å². The highest BCUT2D eigenvalue weighted by atomic mass is 35.5. The van der Waals surface area contributed by atoms with Crippen LogP contribution < -0.4 is 5.32 Å². The van der Waals surface area contributed by atoms with Crippen molar-refractivity contribution in [3.63, 3.8) is 0 Å². The smallest absolute Gasteiger partial charge is 0.241 e. The van der Waals surface area contributed by atoms with Gasteiger partial charge in [0, 0.05) is 22.8 Å². The maximum Gasteiger partial charge on any atom is 0.241 e. The average molecular weight is 384 g/mol. The maximum atomic E-state index is 12.6. The van der Waals surface area contributed by atoms with E-state index >= 15 is 0 Å². The first-order chi connectivity index (χ1) is 13.1. The Morgan fingerprint density at radius 2 is 1.89 bits per heavy atom. The Kier molecular flexibility index (Phi) is 5.09. The summed E-state index contributed by atoms with van der Waals surface area (Å²) in [5.74, 6) is 1.39. The van der Waals surface area contributed by atoms with Gasteiger partial charge in [-0.25, -0.2) is 0 Å². The van der Waals surface area contributed by atoms with Crippen LogP contribution in [-0.2, 0) is 4.79 Å². The Morgan fingerprint density at radius 1 is 1.15 bits per heavy atom. The molecule has 140 valence electrons. The summed E-state index contributed by atoms with van der Waals surface area (Å²) in [5, 5.41) is 12.3. The molecule has 0 bridgehead atoms. The number of nitrogens with one attached hydrogen (secondary N) is 1. The van der Waals surface area contributed by atoms with Crippen molar-refractivity contribution in [3.8, 4) is 0 Å². The number of hydrogen-bond acceptors (Lipinski definition) is 4. The van der Waals surface area contributed by atoms with Gasteiger partial charge in [0.2, 0.25) is 5.91 Å². The number of halogens is 1. The molecule has 1 aliphatic rings. The van der Waals surface area contributed by atoms with Gasteiger partial charge in [-0.15, -0.1) is 10.2 Å². The zero-order valence-electron chi connectivity index (χ0n) is 15.2. The second kappa shape index (κ2) is 7.66. The monoisotopic (exact) mass is 383 g/mol. The van der Waals surface area contributed by atoms with Crippen LogP contribution in [0, 0.1) is 0 Å². The van der Waals surface area contributed by atoms with E-state index in [1.165, 1.54) is 0 Å². The fourth-order valence-electron chi connectivity index (χ4n) is 3.63. The maximum absolute atomic E-state index is 12.6. The number of pyridine rings is 1. The topological polar surface area (TPSA) is 62.5 Å². The zero-order chi connectivity index (χ0) is 18.8. The molecule has 1 saturated heterocycles. The number of rotatable bonds is 4. The van der Waals surface area contributed by atoms with Crippen LogP contribution in [0.3, 0.4) is 0 Å². The van der Waals surface area contributed by atoms with Crippen molar-refractivity contribution in [1.29, 1.82) is 0 Å². The molecule has 6 nitrogen and oxygen atoms in total. The van der Waals surface area contributed by atoms with E-state index in [9.17, 15) is 4.79 Å². The summed E-state index contributed by atoms with van der Waals surface area (Å²) >= 11 is 5.89. The van der Waals surface area contributed by atoms with Crippen LogP contribution in [0.4, 0.5) is 5.69 Å². The zero-order valence-corrected chi connectivity index (χ0v) is 15.9. The third kappa shape index (κ3) is 3.82. The summed E-state index contributed by atoms with van der Waals surface area (Å²) in [6, 6.07) is 12.9. The molecule has 3 aromatic rings. The average Bonchev–Trinajstić information content (AvgIpc) is 3.13. The van der Waals surface area contributed by atoms with Gasteiger partial charge in [-0.2, -0.15) is 0 Å². The van der Waals surface area contributed by atoms with Crippen LogP contribution in [0.5, 0.6) is 0 Å². The van der Waals surface area contributed by atoms with Crippen LogP contribution >= 0.6 is 11.6 Å². The largest absolute Gasteiger partial charge is 0.325 e. The van der Waals surface area contributed by atoms with Gasteiger partial charge in [-0.1, -0.05) is 17.7 Å². The summed E-state index contributed by atoms with van der Waals surface area (Å²) in [7, 11) is 0. The number of hydrogen-bond donors (Lipinski definition) is 1. The molecule has 1 aliphatic heterocycles. The van der Waals surface area contributed by atoms with E-state index < -0.39 is 0 Å². The van der Waals surface area contributed by atoms with E-state index in [-0.39, 0.29) is 11.9 Å². The standard InChI is InChI=1S/C20H22ClN5O/c1-14(20(27)22-17-7-5-16(21)6-8-17)25-12-9-15(10-13-25)19-24-23-18-4-2-3-11-26(18)19/h2-8,11,14-15H,9-10,12-13H2,1H3,(H,22,27). The van der Waals surface area contributed by atoms with Gasteiger partial charge in [0.1, 0.15) is 5.82 Å². The quantitative estimate of drug-likeness (QED) is 0.747. The highest BCUT2D eigenvalue weighted by Crippen LogP contribution is 2.28. The van der Waals surface area contributed by atoms with Crippen LogP contribution in [-0.4, -0.2) is 44.5 Å². The van der Waals surface area contributed by atoms with E-state index in [1.807, 2.05) is 43.5 Å². The lowest BCUT2D eigenvalue weighted by molar-refractivity contribution is -0.121. The number of carbonyl (C=O) groups is 1. The molecule has 1 amide bonds. The molecule has 1 N–H and O–H groups in total. The van der Waals surface area contributed by atoms with Crippen molar-refractivity contribution < 1.29 is 4.79 Å². The molecule has 1 fully saturated rings. The first kappa shape index (κ1) is 17.9. The second-order valence-corrected chi connectivity index (χ2v) is 7.41. The lowest BCUT2D eigenvalue weighted by atomic mass is 9.95. The minimum absolute atomic E-state index is 0.00343. The first-order valence-corrected chi connectivity index (χ1v) is 9.60. The van der Waals surface area contributed by atoms with Crippen LogP contribution in [0.15, 0.2) is 48.7 Å². The Bertz CT molecular complexity index is 931. The molecule has 27 heavy (non-hydrogen) atoms. The number of aromatic nitrogens is 3. The second-order valence-electron chi connectivity index (χ2n) is 6.97. The number of likely N-dealkylation sites (tertiary alicyclic amines) is 1. The molecule has 1 atom stereocenters. The van der Waals surface area contributed by atoms with Crippen molar-refractivity contribution in [3.05, 3.63) is 59.5 Å². The number of benzene rings is 1. The predicted molar refractivity (Wildman–Crippen MR) is 106 cm³/mol. The van der Waals surface area contributed by atoms with E-state index in [0.29, 0.717) is 10.9 Å². The van der Waals surface area contributed by atoms with Gasteiger partial charge < -0.3 is 5.32 Å². The molecule has 0 aliphatic carbocycles. The highest BCUT2D eigenvalue weighted by Gasteiger charge is 2.29. The number of anilines is 1. The minimum Gasteiger partial charge on any atom is -0.325 e. The number of carbonyl (C=O) groups excluding carboxylic acids is 1. The molecular formula is C20H22ClN5O. The highest BCUT2D eigenvalue weighted by molar-refractivity contribution is 6.30. The third-order valence-corrected chi connectivity index (χ3v) is 5.53. The molecule has 1 aromatic carbocycles. The summed E-state index contributed by atoms with van der Waals surface area (Å²) in [4.78, 5) is 14.8. The van der Waals surface area contributed by atoms with Crippen LogP contribution in [0.25, 0.3) is 5.65 Å². The van der Waals surface area contributed by atoms with E-state index in [4.69, 9.17) is 11.6 Å². The van der Waals surface area contributed by atoms with Gasteiger partial charge in [0.05, 0.1) is 6.04 Å². The van der Waals surface area contributed by atoms with E-state index in [2.05, 4.69) is 24.8 Å². The lowest BCUT2D eigenvalue weighted by Crippen LogP contribution is -2.45. The first-order valence-electron chi connectivity index (χ1n) is 9.22. The number of nitrogens with zero attached hydrogens (tertiary/aromatic N) is 4. The van der Waals surface area contributed by atoms with Crippen molar-refractivity contribution in [1.82, 2.24) is 19.5 Å². The SMILES string of the molecule is CC(C(=O)Nc1ccc(Cl)cc1)N1CCC(c2nnc3ccccn23)CC1. The molecule has 0 spiro atoms. The molecule has 4 rings (SSSR count). The van der Waals surface area contributed by atoms with Crippen molar-refractivity contribution >= 4 is 28.8 Å². The minimum atomic E-state index is -0.184. The molecule has 3 heterocycles. The molecule has 1 unspecified atom stereocenters. The molecule has 2 aromatic heterocycles. The van der Waals surface area contributed by atoms with Crippen molar-refractivity contribution in [2.45, 2.75) is 31.7 Å². The molecule has 7 heteroatoms. The van der Waals surface area contributed by atoms with Gasteiger partial charge in [-0.05, 0) is 69.3 Å². The van der Waals surface area contributed by atoms with Crippen molar-refractivity contribution in [2.75, 3.05) is 18.4 Å². The summed E-state index contributed by atoms with van der Waals surface area (Å²) < 4.78 is 2.07. The van der Waals surface area contributed by atoms with Crippen LogP contribution in [0.2, 0.25) is 5.02 Å². The van der Waals surface area contributed by atoms with E-state index in [0.717, 1.165) is 43.1 Å². The number of fused-ring (bicyclic) bond motifs is 1. The summed E-state index contributed by atoms with van der Waals surface area (Å²) in [6.07, 6.45) is 3.95. The Morgan fingerprint density at radius 3 is 2.63 bits per heavy atom. The van der Waals surface area contributed by atoms with Gasteiger partial charge >= 0.3 is 0 Å². The number of piperidine rings is 1. The lowest BCUT2D eigenvalue weighted by Gasteiger charge is -2.34. The predicted octanol–water partition coefficient (Wildman–Crippen LogP) is 3.59. The summed E-state index contributed by atoms with van der Waals surface area (Å²) in [6.45, 7) is 3.68. The Balaban J connectivity index is 1.37. The van der Waals surface area contributed by atoms with Gasteiger partial charge in [-0.3, -0.25) is 14.1 Å². The molecule has 0 saturated carbocycles.